The summed E-state index contributed by atoms with van der Waals surface area (Å²) in [5, 5.41) is 13.0. The van der Waals surface area contributed by atoms with Gasteiger partial charge in [-0.3, -0.25) is 0 Å². The Bertz CT molecular complexity index is 1210. The van der Waals surface area contributed by atoms with Crippen LogP contribution in [-0.4, -0.2) is 19.7 Å². The van der Waals surface area contributed by atoms with Crippen LogP contribution in [0.1, 0.15) is 48.2 Å². The number of hydrogen-bond donors (Lipinski definition) is 0. The van der Waals surface area contributed by atoms with Crippen LogP contribution in [0.4, 0.5) is 0 Å². The monoisotopic (exact) mass is 464 g/mol. The molecule has 2 heterocycles. The Morgan fingerprint density at radius 2 is 1.91 bits per heavy atom. The van der Waals surface area contributed by atoms with Crippen LogP contribution < -0.4 is 4.74 Å². The van der Waals surface area contributed by atoms with Crippen molar-refractivity contribution >= 4 is 23.1 Å². The van der Waals surface area contributed by atoms with E-state index in [9.17, 15) is 0 Å². The van der Waals surface area contributed by atoms with Crippen molar-refractivity contribution in [3.05, 3.63) is 76.1 Å². The van der Waals surface area contributed by atoms with Crippen LogP contribution in [0.5, 0.6) is 5.75 Å². The molecule has 0 bridgehead atoms. The largest absolute Gasteiger partial charge is 0.482 e. The second-order valence-corrected chi connectivity index (χ2v) is 9.65. The van der Waals surface area contributed by atoms with Crippen LogP contribution in [0.2, 0.25) is 0 Å². The Morgan fingerprint density at radius 3 is 2.69 bits per heavy atom. The van der Waals surface area contributed by atoms with E-state index in [0.717, 1.165) is 45.3 Å². The molecule has 0 aliphatic rings. The van der Waals surface area contributed by atoms with Gasteiger partial charge in [-0.05, 0) is 57.9 Å². The summed E-state index contributed by atoms with van der Waals surface area (Å²) in [6.07, 6.45) is -0.190. The number of nitrogens with zero attached hydrogens (tertiary/aromatic N) is 4. The van der Waals surface area contributed by atoms with Crippen molar-refractivity contribution in [2.75, 3.05) is 0 Å². The first-order chi connectivity index (χ1) is 15.5. The minimum absolute atomic E-state index is 0.190. The number of benzene rings is 2. The van der Waals surface area contributed by atoms with Crippen LogP contribution in [0.25, 0.3) is 10.6 Å². The summed E-state index contributed by atoms with van der Waals surface area (Å²) in [7, 11) is 0. The maximum atomic E-state index is 6.25. The Labute approximate surface area is 197 Å². The first kappa shape index (κ1) is 22.6. The van der Waals surface area contributed by atoms with Gasteiger partial charge in [0.25, 0.3) is 0 Å². The smallest absolute Gasteiger partial charge is 0.191 e. The van der Waals surface area contributed by atoms with Crippen molar-refractivity contribution in [3.8, 4) is 16.3 Å². The molecule has 4 rings (SSSR count). The Morgan fingerprint density at radius 1 is 1.09 bits per heavy atom. The molecule has 166 valence electrons. The van der Waals surface area contributed by atoms with Crippen LogP contribution in [0, 0.1) is 20.8 Å². The molecule has 0 saturated heterocycles. The first-order valence-corrected chi connectivity index (χ1v) is 12.6. The van der Waals surface area contributed by atoms with Crippen molar-refractivity contribution in [3.63, 3.8) is 0 Å². The van der Waals surface area contributed by atoms with Crippen molar-refractivity contribution in [1.82, 2.24) is 19.7 Å². The average Bonchev–Trinajstić information content (AvgIpc) is 3.42. The van der Waals surface area contributed by atoms with E-state index < -0.39 is 0 Å². The van der Waals surface area contributed by atoms with Gasteiger partial charge in [0.2, 0.25) is 0 Å². The molecule has 1 unspecified atom stereocenters. The Hall–Kier alpha value is -2.64. The molecule has 32 heavy (non-hydrogen) atoms. The summed E-state index contributed by atoms with van der Waals surface area (Å²) < 4.78 is 8.38. The summed E-state index contributed by atoms with van der Waals surface area (Å²) in [6, 6.07) is 14.6. The van der Waals surface area contributed by atoms with Gasteiger partial charge in [-0.15, -0.1) is 21.5 Å². The predicted octanol–water partition coefficient (Wildman–Crippen LogP) is 6.78. The van der Waals surface area contributed by atoms with Crippen LogP contribution in [-0.2, 0) is 12.3 Å². The van der Waals surface area contributed by atoms with E-state index in [1.807, 2.05) is 19.1 Å². The van der Waals surface area contributed by atoms with E-state index in [1.54, 1.807) is 23.1 Å². The molecule has 5 nitrogen and oxygen atoms in total. The zero-order valence-electron chi connectivity index (χ0n) is 19.1. The molecule has 0 N–H and O–H groups in total. The molecule has 0 spiro atoms. The lowest BCUT2D eigenvalue weighted by molar-refractivity contribution is 0.208. The third kappa shape index (κ3) is 4.89. The summed E-state index contributed by atoms with van der Waals surface area (Å²) in [6.45, 7) is 11.2. The van der Waals surface area contributed by atoms with Crippen molar-refractivity contribution in [1.29, 1.82) is 0 Å². The SMILES string of the molecule is CCn1c(SCc2csc(-c3cccc(C)c3)n2)nnc1C(C)Oc1cccc(C)c1C. The maximum absolute atomic E-state index is 6.25. The lowest BCUT2D eigenvalue weighted by Crippen LogP contribution is -2.12. The molecule has 0 fully saturated rings. The highest BCUT2D eigenvalue weighted by Gasteiger charge is 2.20. The predicted molar refractivity (Wildman–Crippen MR) is 133 cm³/mol. The molecule has 0 aliphatic carbocycles. The fraction of sp³-hybridized carbons (Fsp3) is 0.320. The topological polar surface area (TPSA) is 52.8 Å². The fourth-order valence-corrected chi connectivity index (χ4v) is 5.35. The quantitative estimate of drug-likeness (QED) is 0.269. The van der Waals surface area contributed by atoms with E-state index in [2.05, 4.69) is 78.2 Å². The number of hydrogen-bond acceptors (Lipinski definition) is 6. The van der Waals surface area contributed by atoms with Gasteiger partial charge in [0.05, 0.1) is 5.69 Å². The van der Waals surface area contributed by atoms with E-state index in [0.29, 0.717) is 0 Å². The molecule has 1 atom stereocenters. The van der Waals surface area contributed by atoms with Crippen molar-refractivity contribution in [2.45, 2.75) is 58.2 Å². The van der Waals surface area contributed by atoms with Crippen LogP contribution in [0.15, 0.2) is 53.0 Å². The normalized spacial score (nSPS) is 12.2. The summed E-state index contributed by atoms with van der Waals surface area (Å²) in [5.41, 5.74) is 5.85. The van der Waals surface area contributed by atoms with Crippen LogP contribution >= 0.6 is 23.1 Å². The molecular formula is C25H28N4OS2. The van der Waals surface area contributed by atoms with Gasteiger partial charge in [0.15, 0.2) is 17.1 Å². The van der Waals surface area contributed by atoms with Gasteiger partial charge < -0.3 is 9.30 Å². The average molecular weight is 465 g/mol. The maximum Gasteiger partial charge on any atom is 0.191 e. The summed E-state index contributed by atoms with van der Waals surface area (Å²) >= 11 is 3.35. The number of thiazole rings is 1. The first-order valence-electron chi connectivity index (χ1n) is 10.8. The van der Waals surface area contributed by atoms with Gasteiger partial charge in [-0.2, -0.15) is 0 Å². The van der Waals surface area contributed by atoms with Gasteiger partial charge in [0, 0.05) is 23.2 Å². The minimum atomic E-state index is -0.190. The molecule has 0 amide bonds. The van der Waals surface area contributed by atoms with Crippen molar-refractivity contribution < 1.29 is 4.74 Å². The highest BCUT2D eigenvalue weighted by molar-refractivity contribution is 7.98. The van der Waals surface area contributed by atoms with Gasteiger partial charge in [-0.25, -0.2) is 4.98 Å². The molecule has 0 aliphatic heterocycles. The molecule has 0 saturated carbocycles. The standard InChI is InChI=1S/C25H28N4OS2/c1-6-29-23(19(5)30-22-12-8-10-17(3)18(22)4)27-28-25(29)32-15-21-14-31-24(26-21)20-11-7-9-16(2)13-20/h7-14,19H,6,15H2,1-5H3. The highest BCUT2D eigenvalue weighted by Crippen LogP contribution is 2.30. The third-order valence-corrected chi connectivity index (χ3v) is 7.39. The molecule has 4 aromatic rings. The second-order valence-electron chi connectivity index (χ2n) is 7.85. The van der Waals surface area contributed by atoms with Crippen LogP contribution in [0.3, 0.4) is 0 Å². The zero-order chi connectivity index (χ0) is 22.7. The Balaban J connectivity index is 1.46. The number of aryl methyl sites for hydroxylation is 2. The lowest BCUT2D eigenvalue weighted by Gasteiger charge is -2.17. The number of rotatable bonds is 8. The molecule has 0 radical (unpaired) electrons. The minimum Gasteiger partial charge on any atom is -0.482 e. The highest BCUT2D eigenvalue weighted by atomic mass is 32.2. The summed E-state index contributed by atoms with van der Waals surface area (Å²) in [5.74, 6) is 2.49. The van der Waals surface area contributed by atoms with E-state index in [1.165, 1.54) is 16.7 Å². The number of aromatic nitrogens is 4. The summed E-state index contributed by atoms with van der Waals surface area (Å²) in [4.78, 5) is 4.82. The molecule has 2 aromatic carbocycles. The fourth-order valence-electron chi connectivity index (χ4n) is 3.52. The van der Waals surface area contributed by atoms with E-state index in [-0.39, 0.29) is 6.10 Å². The van der Waals surface area contributed by atoms with E-state index in [4.69, 9.17) is 9.72 Å². The Kier molecular flexibility index (Phi) is 6.96. The third-order valence-electron chi connectivity index (χ3n) is 5.45. The molecule has 7 heteroatoms. The van der Waals surface area contributed by atoms with E-state index >= 15 is 0 Å². The second kappa shape index (κ2) is 9.88. The number of ether oxygens (including phenoxy) is 1. The van der Waals surface area contributed by atoms with Crippen molar-refractivity contribution in [2.24, 2.45) is 0 Å². The lowest BCUT2D eigenvalue weighted by atomic mass is 10.1. The zero-order valence-corrected chi connectivity index (χ0v) is 20.8. The van der Waals surface area contributed by atoms with Gasteiger partial charge in [-0.1, -0.05) is 47.7 Å². The number of thioether (sulfide) groups is 1. The van der Waals surface area contributed by atoms with Gasteiger partial charge in [0.1, 0.15) is 10.8 Å². The molecule has 2 aromatic heterocycles. The van der Waals surface area contributed by atoms with Gasteiger partial charge >= 0.3 is 0 Å². The molecular weight excluding hydrogens is 436 g/mol.